The Bertz CT molecular complexity index is 786. The van der Waals surface area contributed by atoms with Gasteiger partial charge in [-0.1, -0.05) is 17.7 Å². The molecule has 0 atom stereocenters. The van der Waals surface area contributed by atoms with Crippen molar-refractivity contribution < 1.29 is 13.6 Å². The lowest BCUT2D eigenvalue weighted by Crippen LogP contribution is -2.50. The number of hydrogen-bond acceptors (Lipinski definition) is 2. The number of rotatable bonds is 2. The number of hydrogen-bond donors (Lipinski definition) is 1. The molecule has 2 aromatic carbocycles. The van der Waals surface area contributed by atoms with Gasteiger partial charge in [-0.05, 0) is 37.6 Å². The Morgan fingerprint density at radius 3 is 2.36 bits per heavy atom. The molecule has 1 aliphatic heterocycles. The fraction of sp³-hybridized carbons (Fsp3) is 0.316. The summed E-state index contributed by atoms with van der Waals surface area (Å²) in [7, 11) is 0. The number of halogens is 2. The van der Waals surface area contributed by atoms with Crippen LogP contribution in [0.15, 0.2) is 36.4 Å². The second kappa shape index (κ2) is 7.09. The van der Waals surface area contributed by atoms with Gasteiger partial charge in [-0.25, -0.2) is 13.6 Å². The summed E-state index contributed by atoms with van der Waals surface area (Å²) in [4.78, 5) is 16.2. The molecule has 0 spiro atoms. The predicted molar refractivity (Wildman–Crippen MR) is 95.1 cm³/mol. The highest BCUT2D eigenvalue weighted by atomic mass is 19.1. The molecule has 1 saturated heterocycles. The smallest absolute Gasteiger partial charge is 0.322 e. The molecule has 1 N–H and O–H groups in total. The molecule has 0 aliphatic carbocycles. The fourth-order valence-corrected chi connectivity index (χ4v) is 3.10. The van der Waals surface area contributed by atoms with Gasteiger partial charge in [0, 0.05) is 37.9 Å². The summed E-state index contributed by atoms with van der Waals surface area (Å²) in [5, 5.41) is 2.51. The van der Waals surface area contributed by atoms with Gasteiger partial charge in [0.15, 0.2) is 0 Å². The normalized spacial score (nSPS) is 14.6. The van der Waals surface area contributed by atoms with Gasteiger partial charge in [0.2, 0.25) is 0 Å². The zero-order valence-electron chi connectivity index (χ0n) is 14.4. The Hall–Kier alpha value is -2.63. The molecule has 0 saturated carbocycles. The van der Waals surface area contributed by atoms with Crippen molar-refractivity contribution >= 4 is 17.4 Å². The Kier molecular flexibility index (Phi) is 4.88. The Labute approximate surface area is 146 Å². The van der Waals surface area contributed by atoms with Gasteiger partial charge in [-0.2, -0.15) is 0 Å². The molecule has 25 heavy (non-hydrogen) atoms. The second-order valence-corrected chi connectivity index (χ2v) is 6.32. The van der Waals surface area contributed by atoms with Gasteiger partial charge < -0.3 is 15.1 Å². The van der Waals surface area contributed by atoms with Crippen LogP contribution >= 0.6 is 0 Å². The topological polar surface area (TPSA) is 35.6 Å². The molecule has 1 heterocycles. The van der Waals surface area contributed by atoms with Crippen molar-refractivity contribution in [1.82, 2.24) is 4.90 Å². The van der Waals surface area contributed by atoms with E-state index in [1.54, 1.807) is 4.90 Å². The zero-order chi connectivity index (χ0) is 18.0. The number of benzene rings is 2. The fourth-order valence-electron chi connectivity index (χ4n) is 3.10. The standard InChI is InChI=1S/C19H21F2N3O/c1-13-3-6-18(14(2)11-13)23-7-9-24(10-8-23)19(25)22-17-5-4-15(20)12-16(17)21/h3-6,11-12H,7-10H2,1-2H3,(H,22,25). The van der Waals surface area contributed by atoms with Crippen molar-refractivity contribution in [1.29, 1.82) is 0 Å². The molecule has 4 nitrogen and oxygen atoms in total. The number of piperazine rings is 1. The lowest BCUT2D eigenvalue weighted by molar-refractivity contribution is 0.208. The lowest BCUT2D eigenvalue weighted by Gasteiger charge is -2.36. The SMILES string of the molecule is Cc1ccc(N2CCN(C(=O)Nc3ccc(F)cc3F)CC2)c(C)c1. The van der Waals surface area contributed by atoms with Crippen LogP contribution in [-0.4, -0.2) is 37.1 Å². The number of carbonyl (C=O) groups excluding carboxylic acids is 1. The lowest BCUT2D eigenvalue weighted by atomic mass is 10.1. The molecule has 0 unspecified atom stereocenters. The third kappa shape index (κ3) is 3.90. The monoisotopic (exact) mass is 345 g/mol. The molecule has 0 bridgehead atoms. The molecular weight excluding hydrogens is 324 g/mol. The van der Waals surface area contributed by atoms with Gasteiger partial charge in [-0.15, -0.1) is 0 Å². The van der Waals surface area contributed by atoms with Crippen molar-refractivity contribution in [3.63, 3.8) is 0 Å². The van der Waals surface area contributed by atoms with E-state index in [1.807, 2.05) is 0 Å². The van der Waals surface area contributed by atoms with E-state index < -0.39 is 11.6 Å². The van der Waals surface area contributed by atoms with Crippen molar-refractivity contribution in [2.45, 2.75) is 13.8 Å². The number of nitrogens with one attached hydrogen (secondary N) is 1. The molecule has 1 aliphatic rings. The van der Waals surface area contributed by atoms with Crippen LogP contribution in [0.3, 0.4) is 0 Å². The van der Waals surface area contributed by atoms with E-state index in [0.717, 1.165) is 12.1 Å². The van der Waals surface area contributed by atoms with Crippen LogP contribution in [0.5, 0.6) is 0 Å². The van der Waals surface area contributed by atoms with Gasteiger partial charge in [0.25, 0.3) is 0 Å². The molecule has 2 amide bonds. The first-order valence-corrected chi connectivity index (χ1v) is 8.27. The van der Waals surface area contributed by atoms with Gasteiger partial charge in [-0.3, -0.25) is 0 Å². The third-order valence-corrected chi connectivity index (χ3v) is 4.43. The minimum Gasteiger partial charge on any atom is -0.368 e. The number of aryl methyl sites for hydroxylation is 2. The first kappa shape index (κ1) is 17.2. The Morgan fingerprint density at radius 1 is 1.00 bits per heavy atom. The predicted octanol–water partition coefficient (Wildman–Crippen LogP) is 3.94. The number of anilines is 2. The number of carbonyl (C=O) groups is 1. The second-order valence-electron chi connectivity index (χ2n) is 6.32. The molecule has 0 radical (unpaired) electrons. The highest BCUT2D eigenvalue weighted by Gasteiger charge is 2.22. The van der Waals surface area contributed by atoms with E-state index in [0.29, 0.717) is 26.2 Å². The van der Waals surface area contributed by atoms with E-state index in [2.05, 4.69) is 42.3 Å². The summed E-state index contributed by atoms with van der Waals surface area (Å²) in [5.41, 5.74) is 3.60. The van der Waals surface area contributed by atoms with Gasteiger partial charge >= 0.3 is 6.03 Å². The van der Waals surface area contributed by atoms with Crippen molar-refractivity contribution in [3.05, 3.63) is 59.2 Å². The average molecular weight is 345 g/mol. The van der Waals surface area contributed by atoms with E-state index in [1.165, 1.54) is 22.9 Å². The first-order valence-electron chi connectivity index (χ1n) is 8.27. The third-order valence-electron chi connectivity index (χ3n) is 4.43. The average Bonchev–Trinajstić information content (AvgIpc) is 2.57. The van der Waals surface area contributed by atoms with Crippen molar-refractivity contribution in [2.24, 2.45) is 0 Å². The van der Waals surface area contributed by atoms with E-state index >= 15 is 0 Å². The van der Waals surface area contributed by atoms with Crippen LogP contribution in [0, 0.1) is 25.5 Å². The Morgan fingerprint density at radius 2 is 1.72 bits per heavy atom. The van der Waals surface area contributed by atoms with Gasteiger partial charge in [0.05, 0.1) is 5.69 Å². The van der Waals surface area contributed by atoms with Crippen LogP contribution in [0.25, 0.3) is 0 Å². The first-order chi connectivity index (χ1) is 11.9. The molecule has 6 heteroatoms. The van der Waals surface area contributed by atoms with Crippen molar-refractivity contribution in [2.75, 3.05) is 36.4 Å². The van der Waals surface area contributed by atoms with Crippen LogP contribution in [0.4, 0.5) is 25.0 Å². The summed E-state index contributed by atoms with van der Waals surface area (Å²) in [6, 6.07) is 9.07. The largest absolute Gasteiger partial charge is 0.368 e. The van der Waals surface area contributed by atoms with Crippen LogP contribution in [0.2, 0.25) is 0 Å². The summed E-state index contributed by atoms with van der Waals surface area (Å²) >= 11 is 0. The van der Waals surface area contributed by atoms with E-state index in [-0.39, 0.29) is 11.7 Å². The maximum absolute atomic E-state index is 13.7. The maximum atomic E-state index is 13.7. The molecule has 1 fully saturated rings. The summed E-state index contributed by atoms with van der Waals surface area (Å²) in [6.45, 7) is 6.66. The highest BCUT2D eigenvalue weighted by Crippen LogP contribution is 2.23. The molecule has 2 aromatic rings. The summed E-state index contributed by atoms with van der Waals surface area (Å²) in [6.07, 6.45) is 0. The van der Waals surface area contributed by atoms with Crippen LogP contribution in [0.1, 0.15) is 11.1 Å². The minimum atomic E-state index is -0.776. The molecule has 132 valence electrons. The van der Waals surface area contributed by atoms with Gasteiger partial charge in [0.1, 0.15) is 11.6 Å². The number of urea groups is 1. The Balaban J connectivity index is 1.60. The summed E-state index contributed by atoms with van der Waals surface area (Å²) < 4.78 is 26.6. The van der Waals surface area contributed by atoms with E-state index in [9.17, 15) is 13.6 Å². The molecule has 3 rings (SSSR count). The number of nitrogens with zero attached hydrogens (tertiary/aromatic N) is 2. The minimum absolute atomic E-state index is 0.0109. The van der Waals surface area contributed by atoms with Crippen molar-refractivity contribution in [3.8, 4) is 0 Å². The summed E-state index contributed by atoms with van der Waals surface area (Å²) in [5.74, 6) is -1.44. The highest BCUT2D eigenvalue weighted by molar-refractivity contribution is 5.89. The zero-order valence-corrected chi connectivity index (χ0v) is 14.4. The van der Waals surface area contributed by atoms with Crippen LogP contribution < -0.4 is 10.2 Å². The molecule has 0 aromatic heterocycles. The number of amides is 2. The maximum Gasteiger partial charge on any atom is 0.322 e. The quantitative estimate of drug-likeness (QED) is 0.895. The van der Waals surface area contributed by atoms with E-state index in [4.69, 9.17) is 0 Å². The molecular formula is C19H21F2N3O. The van der Waals surface area contributed by atoms with Crippen LogP contribution in [-0.2, 0) is 0 Å².